The largest absolute Gasteiger partial charge is 0.453 e. The second-order valence-electron chi connectivity index (χ2n) is 7.20. The molecule has 0 bridgehead atoms. The van der Waals surface area contributed by atoms with Crippen molar-refractivity contribution in [2.75, 3.05) is 5.32 Å². The van der Waals surface area contributed by atoms with Crippen LogP contribution in [-0.4, -0.2) is 37.3 Å². The van der Waals surface area contributed by atoms with Crippen molar-refractivity contribution in [3.05, 3.63) is 51.8 Å². The summed E-state index contributed by atoms with van der Waals surface area (Å²) in [5.74, 6) is -0.493. The standard InChI is InChI=1S/C21H25N5O4/c1-12-19(13(2)26(5)24-12)23-20(28)14(3)30-18(27)11-10-17-22-16-9-7-6-8-15(16)21(29)25(17)4/h6-9,14H,10-11H2,1-5H3,(H,23,28). The number of ether oxygens (including phenoxy) is 1. The lowest BCUT2D eigenvalue weighted by atomic mass is 10.2. The first-order valence-corrected chi connectivity index (χ1v) is 9.64. The molecule has 30 heavy (non-hydrogen) atoms. The van der Waals surface area contributed by atoms with Crippen LogP contribution in [0.2, 0.25) is 0 Å². The maximum atomic E-state index is 12.4. The normalized spacial score (nSPS) is 12.0. The predicted molar refractivity (Wildman–Crippen MR) is 112 cm³/mol. The van der Waals surface area contributed by atoms with Gasteiger partial charge < -0.3 is 10.1 Å². The first kappa shape index (κ1) is 21.2. The fraction of sp³-hybridized carbons (Fsp3) is 0.381. The Morgan fingerprint density at radius 3 is 2.57 bits per heavy atom. The number of carbonyl (C=O) groups excluding carboxylic acids is 2. The van der Waals surface area contributed by atoms with Gasteiger partial charge >= 0.3 is 5.97 Å². The van der Waals surface area contributed by atoms with Crippen LogP contribution >= 0.6 is 0 Å². The van der Waals surface area contributed by atoms with Gasteiger partial charge in [0.1, 0.15) is 5.82 Å². The monoisotopic (exact) mass is 411 g/mol. The van der Waals surface area contributed by atoms with Gasteiger partial charge in [0.15, 0.2) is 6.10 Å². The molecule has 9 nitrogen and oxygen atoms in total. The van der Waals surface area contributed by atoms with Crippen molar-refractivity contribution in [1.29, 1.82) is 0 Å². The molecule has 0 aliphatic carbocycles. The van der Waals surface area contributed by atoms with Gasteiger partial charge in [0.25, 0.3) is 11.5 Å². The van der Waals surface area contributed by atoms with E-state index >= 15 is 0 Å². The number of hydrogen-bond acceptors (Lipinski definition) is 6. The summed E-state index contributed by atoms with van der Waals surface area (Å²) in [5.41, 5.74) is 2.52. The Balaban J connectivity index is 1.62. The molecular formula is C21H25N5O4. The Hall–Kier alpha value is -3.49. The number of benzene rings is 1. The van der Waals surface area contributed by atoms with E-state index in [2.05, 4.69) is 15.4 Å². The number of para-hydroxylation sites is 1. The molecule has 2 heterocycles. The SMILES string of the molecule is Cc1nn(C)c(C)c1NC(=O)C(C)OC(=O)CCc1nc2ccccc2c(=O)n1C. The van der Waals surface area contributed by atoms with Gasteiger partial charge in [-0.05, 0) is 32.9 Å². The summed E-state index contributed by atoms with van der Waals surface area (Å²) in [4.78, 5) is 41.5. The number of aryl methyl sites for hydroxylation is 3. The smallest absolute Gasteiger partial charge is 0.307 e. The Kier molecular flexibility index (Phi) is 6.00. The Bertz CT molecular complexity index is 1180. The molecule has 158 valence electrons. The minimum absolute atomic E-state index is 0.00118. The highest BCUT2D eigenvalue weighted by Crippen LogP contribution is 2.19. The summed E-state index contributed by atoms with van der Waals surface area (Å²) in [6.45, 7) is 5.14. The van der Waals surface area contributed by atoms with E-state index in [0.717, 1.165) is 5.69 Å². The van der Waals surface area contributed by atoms with E-state index in [4.69, 9.17) is 4.74 Å². The number of anilines is 1. The second-order valence-corrected chi connectivity index (χ2v) is 7.20. The molecule has 1 N–H and O–H groups in total. The summed E-state index contributed by atoms with van der Waals surface area (Å²) in [6.07, 6.45) is -0.740. The number of amides is 1. The van der Waals surface area contributed by atoms with Crippen LogP contribution < -0.4 is 10.9 Å². The first-order valence-electron chi connectivity index (χ1n) is 9.64. The molecule has 0 aliphatic heterocycles. The molecular weight excluding hydrogens is 386 g/mol. The summed E-state index contributed by atoms with van der Waals surface area (Å²) >= 11 is 0. The van der Waals surface area contributed by atoms with Crippen LogP contribution in [0.4, 0.5) is 5.69 Å². The lowest BCUT2D eigenvalue weighted by Crippen LogP contribution is -2.30. The van der Waals surface area contributed by atoms with Crippen LogP contribution in [0.3, 0.4) is 0 Å². The lowest BCUT2D eigenvalue weighted by molar-refractivity contribution is -0.153. The molecule has 3 rings (SSSR count). The van der Waals surface area contributed by atoms with E-state index in [1.54, 1.807) is 50.0 Å². The molecule has 3 aromatic rings. The van der Waals surface area contributed by atoms with Crippen molar-refractivity contribution in [1.82, 2.24) is 19.3 Å². The van der Waals surface area contributed by atoms with Gasteiger partial charge in [-0.2, -0.15) is 5.10 Å². The number of nitrogens with zero attached hydrogens (tertiary/aromatic N) is 4. The van der Waals surface area contributed by atoms with Gasteiger partial charge in [0.05, 0.1) is 34.4 Å². The molecule has 1 amide bonds. The zero-order chi connectivity index (χ0) is 22.0. The predicted octanol–water partition coefficient (Wildman–Crippen LogP) is 1.79. The molecule has 0 spiro atoms. The molecule has 1 aromatic carbocycles. The van der Waals surface area contributed by atoms with Crippen molar-refractivity contribution in [2.24, 2.45) is 14.1 Å². The summed E-state index contributed by atoms with van der Waals surface area (Å²) in [6, 6.07) is 7.06. The van der Waals surface area contributed by atoms with Crippen LogP contribution in [0.1, 0.15) is 30.6 Å². The Morgan fingerprint density at radius 1 is 1.20 bits per heavy atom. The minimum Gasteiger partial charge on any atom is -0.453 e. The third kappa shape index (κ3) is 4.24. The molecule has 9 heteroatoms. The zero-order valence-corrected chi connectivity index (χ0v) is 17.7. The average Bonchev–Trinajstić information content (AvgIpc) is 2.95. The molecule has 1 atom stereocenters. The molecule has 0 radical (unpaired) electrons. The summed E-state index contributed by atoms with van der Waals surface area (Å²) < 4.78 is 8.36. The fourth-order valence-corrected chi connectivity index (χ4v) is 3.19. The topological polar surface area (TPSA) is 108 Å². The van der Waals surface area contributed by atoms with E-state index in [9.17, 15) is 14.4 Å². The van der Waals surface area contributed by atoms with Crippen LogP contribution in [0.15, 0.2) is 29.1 Å². The van der Waals surface area contributed by atoms with Gasteiger partial charge in [-0.15, -0.1) is 0 Å². The summed E-state index contributed by atoms with van der Waals surface area (Å²) in [5, 5.41) is 7.53. The highest BCUT2D eigenvalue weighted by Gasteiger charge is 2.21. The van der Waals surface area contributed by atoms with Crippen molar-refractivity contribution in [3.63, 3.8) is 0 Å². The van der Waals surface area contributed by atoms with Crippen LogP contribution in [0.25, 0.3) is 10.9 Å². The van der Waals surface area contributed by atoms with E-state index in [1.165, 1.54) is 11.5 Å². The number of fused-ring (bicyclic) bond motifs is 1. The average molecular weight is 411 g/mol. The van der Waals surface area contributed by atoms with Gasteiger partial charge in [0.2, 0.25) is 0 Å². The number of carbonyl (C=O) groups is 2. The van der Waals surface area contributed by atoms with E-state index in [-0.39, 0.29) is 18.4 Å². The second kappa shape index (κ2) is 8.48. The molecule has 2 aromatic heterocycles. The van der Waals surface area contributed by atoms with Crippen LogP contribution in [0, 0.1) is 13.8 Å². The van der Waals surface area contributed by atoms with Crippen molar-refractivity contribution in [2.45, 2.75) is 39.7 Å². The minimum atomic E-state index is -0.968. The van der Waals surface area contributed by atoms with E-state index in [0.29, 0.717) is 28.1 Å². The third-order valence-corrected chi connectivity index (χ3v) is 5.06. The van der Waals surface area contributed by atoms with E-state index in [1.807, 2.05) is 6.92 Å². The van der Waals surface area contributed by atoms with Gasteiger partial charge in [-0.3, -0.25) is 23.6 Å². The lowest BCUT2D eigenvalue weighted by Gasteiger charge is -2.14. The maximum absolute atomic E-state index is 12.4. The number of esters is 1. The van der Waals surface area contributed by atoms with E-state index < -0.39 is 18.0 Å². The Morgan fingerprint density at radius 2 is 1.90 bits per heavy atom. The highest BCUT2D eigenvalue weighted by molar-refractivity contribution is 5.96. The molecule has 0 fully saturated rings. The van der Waals surface area contributed by atoms with Crippen molar-refractivity contribution < 1.29 is 14.3 Å². The number of aromatic nitrogens is 4. The highest BCUT2D eigenvalue weighted by atomic mass is 16.5. The summed E-state index contributed by atoms with van der Waals surface area (Å²) in [7, 11) is 3.41. The molecule has 0 saturated carbocycles. The number of hydrogen-bond donors (Lipinski definition) is 1. The first-order chi connectivity index (χ1) is 14.2. The van der Waals surface area contributed by atoms with Crippen molar-refractivity contribution in [3.8, 4) is 0 Å². The van der Waals surface area contributed by atoms with Crippen molar-refractivity contribution >= 4 is 28.5 Å². The molecule has 1 unspecified atom stereocenters. The number of nitrogens with one attached hydrogen (secondary N) is 1. The molecule has 0 aliphatic rings. The molecule has 0 saturated heterocycles. The van der Waals surface area contributed by atoms with Crippen LogP contribution in [-0.2, 0) is 34.8 Å². The third-order valence-electron chi connectivity index (χ3n) is 5.06. The fourth-order valence-electron chi connectivity index (χ4n) is 3.19. The quantitative estimate of drug-likeness (QED) is 0.620. The van der Waals surface area contributed by atoms with Gasteiger partial charge in [-0.25, -0.2) is 4.98 Å². The Labute approximate surface area is 173 Å². The maximum Gasteiger partial charge on any atom is 0.307 e. The van der Waals surface area contributed by atoms with Gasteiger partial charge in [-0.1, -0.05) is 12.1 Å². The van der Waals surface area contributed by atoms with Crippen LogP contribution in [0.5, 0.6) is 0 Å². The number of rotatable bonds is 6. The van der Waals surface area contributed by atoms with Gasteiger partial charge in [0, 0.05) is 20.5 Å². The zero-order valence-electron chi connectivity index (χ0n) is 17.7.